The fourth-order valence-electron chi connectivity index (χ4n) is 2.16. The highest BCUT2D eigenvalue weighted by Gasteiger charge is 2.14. The van der Waals surface area contributed by atoms with Gasteiger partial charge in [0.25, 0.3) is 0 Å². The molecule has 6 nitrogen and oxygen atoms in total. The Kier molecular flexibility index (Phi) is 5.86. The minimum atomic E-state index is -0.640. The summed E-state index contributed by atoms with van der Waals surface area (Å²) < 4.78 is 6.80. The second-order valence-corrected chi connectivity index (χ2v) is 7.70. The van der Waals surface area contributed by atoms with Crippen LogP contribution in [-0.4, -0.2) is 22.6 Å². The fraction of sp³-hybridized carbons (Fsp3) is 0.0625. The highest BCUT2D eigenvalue weighted by molar-refractivity contribution is 9.11. The Morgan fingerprint density at radius 1 is 1.23 bits per heavy atom. The van der Waals surface area contributed by atoms with Gasteiger partial charge in [-0.2, -0.15) is 0 Å². The van der Waals surface area contributed by atoms with Crippen LogP contribution >= 0.6 is 55.1 Å². The van der Waals surface area contributed by atoms with E-state index in [0.29, 0.717) is 21.7 Å². The monoisotopic (exact) mass is 519 g/mol. The lowest BCUT2D eigenvalue weighted by Crippen LogP contribution is -2.08. The number of carbonyl (C=O) groups is 1. The van der Waals surface area contributed by atoms with Crippen molar-refractivity contribution in [2.75, 3.05) is 6.61 Å². The van der Waals surface area contributed by atoms with Gasteiger partial charge < -0.3 is 14.8 Å². The molecule has 0 aliphatic carbocycles. The maximum atomic E-state index is 11.9. The van der Waals surface area contributed by atoms with E-state index in [1.165, 1.54) is 6.07 Å². The summed E-state index contributed by atoms with van der Waals surface area (Å²) >= 11 is 18.5. The molecule has 0 saturated carbocycles. The quantitative estimate of drug-likeness (QED) is 0.390. The summed E-state index contributed by atoms with van der Waals surface area (Å²) in [5.41, 5.74) is 0.788. The van der Waals surface area contributed by atoms with E-state index in [0.717, 1.165) is 8.95 Å². The number of fused-ring (bicyclic) bond motifs is 1. The van der Waals surface area contributed by atoms with E-state index in [4.69, 9.17) is 27.9 Å². The summed E-state index contributed by atoms with van der Waals surface area (Å²) in [5, 5.41) is 18.8. The van der Waals surface area contributed by atoms with Crippen LogP contribution in [0.2, 0.25) is 10.0 Å². The van der Waals surface area contributed by atoms with Crippen molar-refractivity contribution in [1.82, 2.24) is 4.98 Å². The summed E-state index contributed by atoms with van der Waals surface area (Å²) in [5.74, 6) is -0.529. The maximum absolute atomic E-state index is 11.9. The van der Waals surface area contributed by atoms with Crippen molar-refractivity contribution < 1.29 is 14.6 Å². The van der Waals surface area contributed by atoms with Crippen LogP contribution in [-0.2, 0) is 4.79 Å². The minimum Gasteiger partial charge on any atom is -0.493 e. The largest absolute Gasteiger partial charge is 0.493 e. The van der Waals surface area contributed by atoms with Gasteiger partial charge in [0.1, 0.15) is 5.75 Å². The number of carbonyl (C=O) groups excluding carboxylic acids is 1. The van der Waals surface area contributed by atoms with Gasteiger partial charge in [-0.15, -0.1) is 10.2 Å². The number of hydrogen-bond donors (Lipinski definition) is 2. The summed E-state index contributed by atoms with van der Waals surface area (Å²) in [6.07, 6.45) is 0. The van der Waals surface area contributed by atoms with Crippen LogP contribution in [0.5, 0.6) is 11.6 Å². The third-order valence-electron chi connectivity index (χ3n) is 3.28. The van der Waals surface area contributed by atoms with Gasteiger partial charge >= 0.3 is 5.91 Å². The number of rotatable bonds is 4. The van der Waals surface area contributed by atoms with E-state index in [2.05, 4.69) is 47.1 Å². The molecule has 1 heterocycles. The van der Waals surface area contributed by atoms with Gasteiger partial charge in [-0.1, -0.05) is 39.1 Å². The van der Waals surface area contributed by atoms with Gasteiger partial charge in [0.15, 0.2) is 12.3 Å². The van der Waals surface area contributed by atoms with Crippen LogP contribution in [0, 0.1) is 0 Å². The number of ether oxygens (including phenoxy) is 1. The Labute approximate surface area is 174 Å². The lowest BCUT2D eigenvalue weighted by Gasteiger charge is -2.05. The second kappa shape index (κ2) is 7.96. The summed E-state index contributed by atoms with van der Waals surface area (Å²) in [6, 6.07) is 8.21. The van der Waals surface area contributed by atoms with E-state index >= 15 is 0 Å². The van der Waals surface area contributed by atoms with Crippen LogP contribution in [0.3, 0.4) is 0 Å². The van der Waals surface area contributed by atoms with E-state index in [1.54, 1.807) is 18.2 Å². The molecule has 10 heteroatoms. The average molecular weight is 522 g/mol. The molecule has 0 saturated heterocycles. The molecule has 1 aromatic heterocycles. The van der Waals surface area contributed by atoms with Crippen molar-refractivity contribution in [2.45, 2.75) is 0 Å². The predicted octanol–water partition coefficient (Wildman–Crippen LogP) is 6.39. The van der Waals surface area contributed by atoms with Crippen LogP contribution < -0.4 is 4.74 Å². The molecule has 3 rings (SSSR count). The van der Waals surface area contributed by atoms with Crippen molar-refractivity contribution in [2.24, 2.45) is 10.2 Å². The zero-order chi connectivity index (χ0) is 18.8. The van der Waals surface area contributed by atoms with E-state index in [9.17, 15) is 9.90 Å². The highest BCUT2D eigenvalue weighted by atomic mass is 79.9. The van der Waals surface area contributed by atoms with Crippen molar-refractivity contribution >= 4 is 77.6 Å². The Morgan fingerprint density at radius 3 is 2.73 bits per heavy atom. The number of halogens is 4. The van der Waals surface area contributed by atoms with E-state index in [-0.39, 0.29) is 23.2 Å². The molecule has 0 spiro atoms. The third-order valence-corrected chi connectivity index (χ3v) is 4.90. The fourth-order valence-corrected chi connectivity index (χ4v) is 3.95. The SMILES string of the molecule is O=C(COc1ccc(Cl)cc1Cl)N=Nc1c(O)[nH]c2c(Br)cc(Br)cc12. The Morgan fingerprint density at radius 2 is 2.00 bits per heavy atom. The highest BCUT2D eigenvalue weighted by Crippen LogP contribution is 2.40. The van der Waals surface area contributed by atoms with Gasteiger partial charge in [0, 0.05) is 19.4 Å². The Balaban J connectivity index is 1.76. The third kappa shape index (κ3) is 4.20. The number of amides is 1. The first-order chi connectivity index (χ1) is 12.3. The number of nitrogens with zero attached hydrogens (tertiary/aromatic N) is 2. The molecule has 0 bridgehead atoms. The van der Waals surface area contributed by atoms with Crippen molar-refractivity contribution in [3.8, 4) is 11.6 Å². The molecule has 2 aromatic carbocycles. The topological polar surface area (TPSA) is 87.0 Å². The molecule has 0 atom stereocenters. The number of aromatic amines is 1. The number of benzene rings is 2. The normalized spacial score (nSPS) is 11.4. The number of azo groups is 1. The standard InChI is InChI=1S/C16H9Br2Cl2N3O3/c17-7-3-9-14(10(18)4-7)21-16(25)15(9)23-22-13(24)6-26-12-2-1-8(19)5-11(12)20/h1-5,21,25H,6H2. The average Bonchev–Trinajstić information content (AvgIpc) is 2.88. The lowest BCUT2D eigenvalue weighted by molar-refractivity contribution is -0.120. The summed E-state index contributed by atoms with van der Waals surface area (Å²) in [6.45, 7) is -0.360. The second-order valence-electron chi connectivity index (χ2n) is 5.09. The Bertz CT molecular complexity index is 1040. The van der Waals surface area contributed by atoms with Crippen LogP contribution in [0.4, 0.5) is 5.69 Å². The van der Waals surface area contributed by atoms with Crippen LogP contribution in [0.25, 0.3) is 10.9 Å². The van der Waals surface area contributed by atoms with Crippen LogP contribution in [0.1, 0.15) is 0 Å². The molecular weight excluding hydrogens is 513 g/mol. The molecule has 0 aliphatic rings. The van der Waals surface area contributed by atoms with Gasteiger partial charge in [-0.3, -0.25) is 4.79 Å². The molecule has 0 fully saturated rings. The van der Waals surface area contributed by atoms with Gasteiger partial charge in [0.05, 0.1) is 10.5 Å². The van der Waals surface area contributed by atoms with Crippen molar-refractivity contribution in [3.05, 3.63) is 49.3 Å². The lowest BCUT2D eigenvalue weighted by atomic mass is 10.2. The smallest absolute Gasteiger partial charge is 0.302 e. The Hall–Kier alpha value is -1.61. The number of nitrogens with one attached hydrogen (secondary N) is 1. The first-order valence-electron chi connectivity index (χ1n) is 7.07. The molecule has 2 N–H and O–H groups in total. The molecule has 1 amide bonds. The molecule has 3 aromatic rings. The molecule has 0 radical (unpaired) electrons. The van der Waals surface area contributed by atoms with Crippen molar-refractivity contribution in [1.29, 1.82) is 0 Å². The van der Waals surface area contributed by atoms with Gasteiger partial charge in [0.2, 0.25) is 5.88 Å². The molecule has 134 valence electrons. The molecule has 0 aliphatic heterocycles. The summed E-state index contributed by atoms with van der Waals surface area (Å²) in [7, 11) is 0. The number of aromatic hydroxyl groups is 1. The number of aromatic nitrogens is 1. The van der Waals surface area contributed by atoms with E-state index < -0.39 is 5.91 Å². The minimum absolute atomic E-state index is 0.153. The summed E-state index contributed by atoms with van der Waals surface area (Å²) in [4.78, 5) is 14.7. The molecule has 26 heavy (non-hydrogen) atoms. The number of H-pyrrole nitrogens is 1. The maximum Gasteiger partial charge on any atom is 0.302 e. The zero-order valence-electron chi connectivity index (χ0n) is 12.8. The van der Waals surface area contributed by atoms with Gasteiger partial charge in [-0.05, 0) is 46.3 Å². The zero-order valence-corrected chi connectivity index (χ0v) is 17.4. The predicted molar refractivity (Wildman–Crippen MR) is 107 cm³/mol. The first-order valence-corrected chi connectivity index (χ1v) is 9.41. The number of hydrogen-bond acceptors (Lipinski definition) is 4. The van der Waals surface area contributed by atoms with Crippen molar-refractivity contribution in [3.63, 3.8) is 0 Å². The molecular formula is C16H9Br2Cl2N3O3. The van der Waals surface area contributed by atoms with E-state index in [1.807, 2.05) is 6.07 Å². The first kappa shape index (κ1) is 19.2. The molecule has 0 unspecified atom stereocenters. The van der Waals surface area contributed by atoms with Crippen LogP contribution in [0.15, 0.2) is 49.5 Å². The van der Waals surface area contributed by atoms with Gasteiger partial charge in [-0.25, -0.2) is 0 Å².